The summed E-state index contributed by atoms with van der Waals surface area (Å²) in [5, 5.41) is 7.32. The maximum Gasteiger partial charge on any atom is 0.185 e. The zero-order valence-electron chi connectivity index (χ0n) is 12.1. The molecule has 0 amide bonds. The molecule has 1 atom stereocenters. The monoisotopic (exact) mass is 309 g/mol. The molecular formula is C15H20ClN3S. The lowest BCUT2D eigenvalue weighted by atomic mass is 10.2. The van der Waals surface area contributed by atoms with Crippen molar-refractivity contribution in [2.75, 3.05) is 18.5 Å². The van der Waals surface area contributed by atoms with Crippen molar-refractivity contribution < 1.29 is 0 Å². The second-order valence-electron chi connectivity index (χ2n) is 4.78. The van der Waals surface area contributed by atoms with Gasteiger partial charge in [-0.25, -0.2) is 4.98 Å². The van der Waals surface area contributed by atoms with Crippen LogP contribution in [-0.2, 0) is 6.54 Å². The number of benzene rings is 1. The molecule has 3 nitrogen and oxygen atoms in total. The first-order chi connectivity index (χ1) is 9.61. The highest BCUT2D eigenvalue weighted by molar-refractivity contribution is 7.13. The van der Waals surface area contributed by atoms with Crippen molar-refractivity contribution in [1.29, 1.82) is 0 Å². The first-order valence-corrected chi connectivity index (χ1v) is 8.01. The summed E-state index contributed by atoms with van der Waals surface area (Å²) in [7, 11) is 2.05. The van der Waals surface area contributed by atoms with Gasteiger partial charge >= 0.3 is 0 Å². The Labute approximate surface area is 129 Å². The average Bonchev–Trinajstić information content (AvgIpc) is 2.91. The number of nitrogens with one attached hydrogen (secondary N) is 1. The number of rotatable bonds is 6. The lowest BCUT2D eigenvalue weighted by molar-refractivity contribution is 0.586. The number of hydrogen-bond donors (Lipinski definition) is 1. The van der Waals surface area contributed by atoms with Gasteiger partial charge in [0.25, 0.3) is 0 Å². The van der Waals surface area contributed by atoms with Crippen LogP contribution in [0.15, 0.2) is 29.6 Å². The van der Waals surface area contributed by atoms with Gasteiger partial charge in [0.05, 0.1) is 5.69 Å². The van der Waals surface area contributed by atoms with Gasteiger partial charge in [0.1, 0.15) is 0 Å². The fourth-order valence-corrected chi connectivity index (χ4v) is 3.09. The largest absolute Gasteiger partial charge is 0.347 e. The average molecular weight is 310 g/mol. The Hall–Kier alpha value is -1.10. The standard InChI is InChI=1S/C15H20ClN3S/c1-4-17-11(2)14-10-20-15(18-14)19(3)9-12-7-5-6-8-13(12)16/h5-8,10-11,17H,4,9H2,1-3H3. The number of thiazole rings is 1. The summed E-state index contributed by atoms with van der Waals surface area (Å²) in [5.74, 6) is 0. The highest BCUT2D eigenvalue weighted by Gasteiger charge is 2.12. The highest BCUT2D eigenvalue weighted by atomic mass is 35.5. The molecule has 5 heteroatoms. The van der Waals surface area contributed by atoms with Crippen LogP contribution in [0.25, 0.3) is 0 Å². The van der Waals surface area contributed by atoms with Crippen LogP contribution in [0, 0.1) is 0 Å². The molecule has 0 saturated heterocycles. The van der Waals surface area contributed by atoms with Crippen LogP contribution in [0.4, 0.5) is 5.13 Å². The second-order valence-corrected chi connectivity index (χ2v) is 6.03. The summed E-state index contributed by atoms with van der Waals surface area (Å²) >= 11 is 7.87. The molecule has 108 valence electrons. The van der Waals surface area contributed by atoms with Crippen molar-refractivity contribution in [1.82, 2.24) is 10.3 Å². The molecule has 0 radical (unpaired) electrons. The lowest BCUT2D eigenvalue weighted by Gasteiger charge is -2.17. The third-order valence-electron chi connectivity index (χ3n) is 3.16. The molecule has 1 heterocycles. The van der Waals surface area contributed by atoms with E-state index in [2.05, 4.69) is 35.5 Å². The van der Waals surface area contributed by atoms with E-state index in [-0.39, 0.29) is 0 Å². The van der Waals surface area contributed by atoms with Crippen LogP contribution in [0.5, 0.6) is 0 Å². The minimum atomic E-state index is 0.290. The Morgan fingerprint density at radius 3 is 2.85 bits per heavy atom. The van der Waals surface area contributed by atoms with Gasteiger partial charge in [-0.05, 0) is 25.1 Å². The van der Waals surface area contributed by atoms with E-state index < -0.39 is 0 Å². The van der Waals surface area contributed by atoms with E-state index in [1.165, 1.54) is 0 Å². The van der Waals surface area contributed by atoms with Crippen LogP contribution in [0.3, 0.4) is 0 Å². The molecule has 0 aliphatic carbocycles. The van der Waals surface area contributed by atoms with E-state index in [1.54, 1.807) is 11.3 Å². The van der Waals surface area contributed by atoms with Gasteiger partial charge in [0, 0.05) is 30.0 Å². The van der Waals surface area contributed by atoms with Crippen molar-refractivity contribution >= 4 is 28.1 Å². The normalized spacial score (nSPS) is 12.4. The second kappa shape index (κ2) is 7.07. The first-order valence-electron chi connectivity index (χ1n) is 6.75. The molecule has 0 aliphatic heterocycles. The van der Waals surface area contributed by atoms with Crippen molar-refractivity contribution in [3.8, 4) is 0 Å². The number of halogens is 1. The zero-order chi connectivity index (χ0) is 14.5. The molecule has 1 unspecified atom stereocenters. The predicted octanol–water partition coefficient (Wildman–Crippen LogP) is 4.10. The molecule has 0 fully saturated rings. The Bertz CT molecular complexity index is 556. The van der Waals surface area contributed by atoms with E-state index in [9.17, 15) is 0 Å². The summed E-state index contributed by atoms with van der Waals surface area (Å²) in [6.07, 6.45) is 0. The molecule has 1 N–H and O–H groups in total. The molecular weight excluding hydrogens is 290 g/mol. The number of nitrogens with zero attached hydrogens (tertiary/aromatic N) is 2. The molecule has 0 spiro atoms. The molecule has 2 rings (SSSR count). The maximum atomic E-state index is 6.20. The number of hydrogen-bond acceptors (Lipinski definition) is 4. The molecule has 1 aromatic carbocycles. The summed E-state index contributed by atoms with van der Waals surface area (Å²) in [6, 6.07) is 8.22. The Morgan fingerprint density at radius 2 is 2.15 bits per heavy atom. The molecule has 20 heavy (non-hydrogen) atoms. The smallest absolute Gasteiger partial charge is 0.185 e. The maximum absolute atomic E-state index is 6.20. The summed E-state index contributed by atoms with van der Waals surface area (Å²) in [6.45, 7) is 5.95. The predicted molar refractivity (Wildman–Crippen MR) is 87.8 cm³/mol. The van der Waals surface area contributed by atoms with Crippen molar-refractivity contribution in [3.63, 3.8) is 0 Å². The van der Waals surface area contributed by atoms with Gasteiger partial charge in [-0.15, -0.1) is 11.3 Å². The van der Waals surface area contributed by atoms with Gasteiger partial charge in [-0.3, -0.25) is 0 Å². The van der Waals surface area contributed by atoms with Crippen molar-refractivity contribution in [3.05, 3.63) is 45.9 Å². The van der Waals surface area contributed by atoms with Gasteiger partial charge in [0.2, 0.25) is 0 Å². The minimum Gasteiger partial charge on any atom is -0.347 e. The SMILES string of the molecule is CCNC(C)c1csc(N(C)Cc2ccccc2Cl)n1. The fourth-order valence-electron chi connectivity index (χ4n) is 2.01. The van der Waals surface area contributed by atoms with E-state index in [1.807, 2.05) is 25.2 Å². The zero-order valence-corrected chi connectivity index (χ0v) is 13.6. The number of aromatic nitrogens is 1. The molecule has 0 saturated carbocycles. The van der Waals surface area contributed by atoms with Gasteiger partial charge in [0.15, 0.2) is 5.13 Å². The fraction of sp³-hybridized carbons (Fsp3) is 0.400. The van der Waals surface area contributed by atoms with Crippen LogP contribution < -0.4 is 10.2 Å². The molecule has 0 bridgehead atoms. The molecule has 1 aromatic heterocycles. The summed E-state index contributed by atoms with van der Waals surface area (Å²) in [5.41, 5.74) is 2.21. The Morgan fingerprint density at radius 1 is 1.40 bits per heavy atom. The molecule has 0 aliphatic rings. The lowest BCUT2D eigenvalue weighted by Crippen LogP contribution is -2.19. The van der Waals surface area contributed by atoms with E-state index in [0.717, 1.165) is 34.5 Å². The van der Waals surface area contributed by atoms with Crippen molar-refractivity contribution in [2.24, 2.45) is 0 Å². The Kier molecular flexibility index (Phi) is 5.40. The van der Waals surface area contributed by atoms with Crippen LogP contribution >= 0.6 is 22.9 Å². The van der Waals surface area contributed by atoms with Crippen molar-refractivity contribution in [2.45, 2.75) is 26.4 Å². The summed E-state index contributed by atoms with van der Waals surface area (Å²) in [4.78, 5) is 6.83. The van der Waals surface area contributed by atoms with Gasteiger partial charge in [-0.2, -0.15) is 0 Å². The van der Waals surface area contributed by atoms with Crippen LogP contribution in [0.1, 0.15) is 31.1 Å². The van der Waals surface area contributed by atoms with Gasteiger partial charge in [-0.1, -0.05) is 36.7 Å². The first kappa shape index (κ1) is 15.3. The third-order valence-corrected chi connectivity index (χ3v) is 4.50. The van der Waals surface area contributed by atoms with Crippen LogP contribution in [0.2, 0.25) is 5.02 Å². The van der Waals surface area contributed by atoms with E-state index in [0.29, 0.717) is 6.04 Å². The van der Waals surface area contributed by atoms with Gasteiger partial charge < -0.3 is 10.2 Å². The minimum absolute atomic E-state index is 0.290. The number of anilines is 1. The highest BCUT2D eigenvalue weighted by Crippen LogP contribution is 2.25. The quantitative estimate of drug-likeness (QED) is 0.870. The summed E-state index contributed by atoms with van der Waals surface area (Å²) < 4.78 is 0. The van der Waals surface area contributed by atoms with E-state index in [4.69, 9.17) is 16.6 Å². The third kappa shape index (κ3) is 3.72. The Balaban J connectivity index is 2.06. The van der Waals surface area contributed by atoms with Crippen LogP contribution in [-0.4, -0.2) is 18.6 Å². The molecule has 2 aromatic rings. The van der Waals surface area contributed by atoms with E-state index >= 15 is 0 Å². The topological polar surface area (TPSA) is 28.2 Å².